The van der Waals surface area contributed by atoms with Gasteiger partial charge in [-0.05, 0) is 38.0 Å². The average Bonchev–Trinajstić information content (AvgIpc) is 3.56. The van der Waals surface area contributed by atoms with Gasteiger partial charge in [-0.1, -0.05) is 11.6 Å². The maximum Gasteiger partial charge on any atom is 0.410 e. The van der Waals surface area contributed by atoms with Crippen molar-refractivity contribution in [2.24, 2.45) is 11.8 Å². The van der Waals surface area contributed by atoms with Gasteiger partial charge in [-0.15, -0.1) is 0 Å². The van der Waals surface area contributed by atoms with E-state index in [0.29, 0.717) is 54.1 Å². The number of likely N-dealkylation sites (tertiary alicyclic amines) is 1. The summed E-state index contributed by atoms with van der Waals surface area (Å²) >= 11 is 6.31. The number of fused-ring (bicyclic) bond motifs is 2. The molecule has 11 heteroatoms. The van der Waals surface area contributed by atoms with Crippen LogP contribution in [0.4, 0.5) is 16.3 Å². The van der Waals surface area contributed by atoms with Crippen LogP contribution in [0.5, 0.6) is 11.6 Å². The van der Waals surface area contributed by atoms with E-state index < -0.39 is 0 Å². The Bertz CT molecular complexity index is 1150. The number of hydrogen-bond acceptors (Lipinski definition) is 9. The second-order valence-corrected chi connectivity index (χ2v) is 9.76. The zero-order valence-corrected chi connectivity index (χ0v) is 20.2. The van der Waals surface area contributed by atoms with Gasteiger partial charge in [-0.2, -0.15) is 10.2 Å². The Labute approximate surface area is 208 Å². The summed E-state index contributed by atoms with van der Waals surface area (Å²) in [6.45, 7) is 3.87. The molecule has 0 radical (unpaired) electrons. The Hall–Kier alpha value is -3.29. The number of nitriles is 1. The Balaban J connectivity index is 1.33. The number of hydrogen-bond donors (Lipinski definition) is 1. The lowest BCUT2D eigenvalue weighted by Gasteiger charge is -2.46. The molecule has 1 aromatic carbocycles. The number of aromatic nitrogens is 2. The molecular weight excluding hydrogens is 474 g/mol. The lowest BCUT2D eigenvalue weighted by Crippen LogP contribution is -2.59. The van der Waals surface area contributed by atoms with E-state index in [1.54, 1.807) is 23.1 Å². The highest BCUT2D eigenvalue weighted by Crippen LogP contribution is 2.41. The predicted octanol–water partition coefficient (Wildman–Crippen LogP) is 3.77. The Morgan fingerprint density at radius 2 is 2.03 bits per heavy atom. The SMILES string of the molecule is COc1c(Nc2ccc(C#N)cc2Cl)ncnc1OC1C2COCC1CN(C(=O)OC1(C)CC1)C2. The predicted molar refractivity (Wildman–Crippen MR) is 126 cm³/mol. The summed E-state index contributed by atoms with van der Waals surface area (Å²) in [5.41, 5.74) is 0.704. The standard InChI is InChI=1S/C24H26ClN5O5/c1-24(5-6-24)35-23(31)30-9-15-11-33-12-16(10-30)19(15)34-22-20(32-2)21(27-13-28-22)29-18-4-3-14(8-26)7-17(18)25/h3-4,7,13,15-16,19H,5-6,9-12H2,1-2H3,(H,27,28,29). The van der Waals surface area contributed by atoms with Crippen LogP contribution in [-0.4, -0.2) is 66.1 Å². The molecule has 3 aliphatic rings. The Kier molecular flexibility index (Phi) is 6.30. The Morgan fingerprint density at radius 1 is 1.29 bits per heavy atom. The molecule has 2 aliphatic heterocycles. The molecule has 10 nitrogen and oxygen atoms in total. The molecule has 1 N–H and O–H groups in total. The maximum absolute atomic E-state index is 12.7. The highest BCUT2D eigenvalue weighted by Gasteiger charge is 2.47. The number of halogens is 1. The fourth-order valence-corrected chi connectivity index (χ4v) is 4.68. The van der Waals surface area contributed by atoms with Crippen molar-refractivity contribution < 1.29 is 23.7 Å². The van der Waals surface area contributed by atoms with Crippen LogP contribution in [0.25, 0.3) is 0 Å². The van der Waals surface area contributed by atoms with Gasteiger partial charge in [0.1, 0.15) is 18.0 Å². The Morgan fingerprint density at radius 3 is 2.66 bits per heavy atom. The number of ether oxygens (including phenoxy) is 4. The van der Waals surface area contributed by atoms with Gasteiger partial charge in [0.05, 0.1) is 42.7 Å². The number of nitrogens with one attached hydrogen (secondary N) is 1. The van der Waals surface area contributed by atoms with Crippen LogP contribution in [0, 0.1) is 23.2 Å². The first-order valence-electron chi connectivity index (χ1n) is 11.5. The van der Waals surface area contributed by atoms with Gasteiger partial charge < -0.3 is 29.2 Å². The third-order valence-electron chi connectivity index (χ3n) is 6.62. The molecule has 2 saturated heterocycles. The fourth-order valence-electron chi connectivity index (χ4n) is 4.45. The third-order valence-corrected chi connectivity index (χ3v) is 6.94. The summed E-state index contributed by atoms with van der Waals surface area (Å²) in [6.07, 6.45) is 2.72. The van der Waals surface area contributed by atoms with Crippen molar-refractivity contribution in [1.29, 1.82) is 5.26 Å². The van der Waals surface area contributed by atoms with Crippen molar-refractivity contribution in [2.45, 2.75) is 31.5 Å². The molecule has 0 spiro atoms. The molecule has 1 aromatic heterocycles. The van der Waals surface area contributed by atoms with Crippen LogP contribution in [0.15, 0.2) is 24.5 Å². The van der Waals surface area contributed by atoms with E-state index in [2.05, 4.69) is 21.4 Å². The monoisotopic (exact) mass is 499 g/mol. The van der Waals surface area contributed by atoms with Crippen LogP contribution in [0.3, 0.4) is 0 Å². The summed E-state index contributed by atoms with van der Waals surface area (Å²) in [6, 6.07) is 6.97. The molecule has 1 aliphatic carbocycles. The molecule has 2 atom stereocenters. The second kappa shape index (κ2) is 9.40. The van der Waals surface area contributed by atoms with E-state index in [1.165, 1.54) is 13.4 Å². The van der Waals surface area contributed by atoms with Crippen molar-refractivity contribution >= 4 is 29.2 Å². The van der Waals surface area contributed by atoms with Crippen LogP contribution < -0.4 is 14.8 Å². The maximum atomic E-state index is 12.7. The average molecular weight is 500 g/mol. The molecule has 3 fully saturated rings. The van der Waals surface area contributed by atoms with Crippen molar-refractivity contribution in [3.05, 3.63) is 35.1 Å². The lowest BCUT2D eigenvalue weighted by molar-refractivity contribution is -0.112. The van der Waals surface area contributed by atoms with E-state index in [4.69, 9.17) is 35.8 Å². The van der Waals surface area contributed by atoms with Crippen molar-refractivity contribution in [1.82, 2.24) is 14.9 Å². The normalized spacial score (nSPS) is 24.2. The molecule has 35 heavy (non-hydrogen) atoms. The van der Waals surface area contributed by atoms with Crippen LogP contribution in [0.2, 0.25) is 5.02 Å². The highest BCUT2D eigenvalue weighted by molar-refractivity contribution is 6.33. The first-order chi connectivity index (χ1) is 16.9. The van der Waals surface area contributed by atoms with Gasteiger partial charge in [-0.3, -0.25) is 0 Å². The second-order valence-electron chi connectivity index (χ2n) is 9.36. The van der Waals surface area contributed by atoms with Gasteiger partial charge in [0, 0.05) is 24.9 Å². The summed E-state index contributed by atoms with van der Waals surface area (Å²) in [7, 11) is 1.51. The number of benzene rings is 1. The van der Waals surface area contributed by atoms with Gasteiger partial charge >= 0.3 is 6.09 Å². The summed E-state index contributed by atoms with van der Waals surface area (Å²) in [5.74, 6) is 0.926. The smallest absolute Gasteiger partial charge is 0.410 e. The lowest BCUT2D eigenvalue weighted by atomic mass is 9.84. The van der Waals surface area contributed by atoms with Crippen LogP contribution in [-0.2, 0) is 9.47 Å². The minimum Gasteiger partial charge on any atom is -0.489 e. The summed E-state index contributed by atoms with van der Waals surface area (Å²) in [5, 5.41) is 12.6. The fraction of sp³-hybridized carbons (Fsp3) is 0.500. The molecule has 184 valence electrons. The number of methoxy groups -OCH3 is 1. The van der Waals surface area contributed by atoms with E-state index >= 15 is 0 Å². The van der Waals surface area contributed by atoms with Gasteiger partial charge in [0.25, 0.3) is 5.88 Å². The quantitative estimate of drug-likeness (QED) is 0.633. The van der Waals surface area contributed by atoms with Gasteiger partial charge in [-0.25, -0.2) is 9.78 Å². The van der Waals surface area contributed by atoms with E-state index in [1.807, 2.05) is 6.92 Å². The molecule has 2 aromatic rings. The summed E-state index contributed by atoms with van der Waals surface area (Å²) in [4.78, 5) is 23.0. The van der Waals surface area contributed by atoms with Crippen LogP contribution in [0.1, 0.15) is 25.3 Å². The largest absolute Gasteiger partial charge is 0.489 e. The van der Waals surface area contributed by atoms with Gasteiger partial charge in [0.2, 0.25) is 5.75 Å². The summed E-state index contributed by atoms with van der Waals surface area (Å²) < 4.78 is 23.4. The topological polar surface area (TPSA) is 119 Å². The first kappa shape index (κ1) is 23.5. The third kappa shape index (κ3) is 4.92. The van der Waals surface area contributed by atoms with E-state index in [-0.39, 0.29) is 35.5 Å². The number of rotatable bonds is 6. The number of carbonyl (C=O) groups excluding carboxylic acids is 1. The van der Waals surface area contributed by atoms with Gasteiger partial charge in [0.15, 0.2) is 5.82 Å². The zero-order chi connectivity index (χ0) is 24.6. The van der Waals surface area contributed by atoms with E-state index in [9.17, 15) is 4.79 Å². The molecule has 1 amide bonds. The minimum atomic E-state index is -0.314. The number of anilines is 2. The molecular formula is C24H26ClN5O5. The molecule has 1 saturated carbocycles. The first-order valence-corrected chi connectivity index (χ1v) is 11.8. The van der Waals surface area contributed by atoms with E-state index in [0.717, 1.165) is 12.8 Å². The number of amides is 1. The molecule has 2 bridgehead atoms. The number of piperidine rings is 1. The zero-order valence-electron chi connectivity index (χ0n) is 19.5. The van der Waals surface area contributed by atoms with Crippen molar-refractivity contribution in [3.8, 4) is 17.7 Å². The number of nitrogens with zero attached hydrogens (tertiary/aromatic N) is 4. The van der Waals surface area contributed by atoms with Crippen molar-refractivity contribution in [2.75, 3.05) is 38.7 Å². The molecule has 5 rings (SSSR count). The molecule has 2 unspecified atom stereocenters. The van der Waals surface area contributed by atoms with Crippen LogP contribution >= 0.6 is 11.6 Å². The highest BCUT2D eigenvalue weighted by atomic mass is 35.5. The van der Waals surface area contributed by atoms with Crippen molar-refractivity contribution in [3.63, 3.8) is 0 Å². The minimum absolute atomic E-state index is 0.0360. The molecule has 3 heterocycles. The number of carbonyl (C=O) groups is 1.